The summed E-state index contributed by atoms with van der Waals surface area (Å²) in [5, 5.41) is 6.94. The minimum absolute atomic E-state index is 0.0212. The predicted octanol–water partition coefficient (Wildman–Crippen LogP) is 1.25. The molecule has 0 aliphatic carbocycles. The molecule has 3 rings (SSSR count). The third-order valence-electron chi connectivity index (χ3n) is 3.23. The number of aryl methyl sites for hydroxylation is 1. The number of benzene rings is 1. The first-order valence-electron chi connectivity index (χ1n) is 6.96. The van der Waals surface area contributed by atoms with Gasteiger partial charge in [0, 0.05) is 11.8 Å². The van der Waals surface area contributed by atoms with Gasteiger partial charge in [-0.25, -0.2) is 10.4 Å². The highest BCUT2D eigenvalue weighted by atomic mass is 16.5. The number of rotatable bonds is 3. The summed E-state index contributed by atoms with van der Waals surface area (Å²) < 4.78 is 5.31. The zero-order valence-electron chi connectivity index (χ0n) is 12.6. The molecule has 8 nitrogen and oxygen atoms in total. The number of nitrogens with zero attached hydrogens (tertiary/aromatic N) is 2. The zero-order chi connectivity index (χ0) is 16.4. The molecule has 0 fully saturated rings. The second-order valence-electron chi connectivity index (χ2n) is 5.09. The maximum Gasteiger partial charge on any atom is 0.262 e. The lowest BCUT2D eigenvalue weighted by atomic mass is 10.1. The number of ether oxygens (including phenoxy) is 1. The summed E-state index contributed by atoms with van der Waals surface area (Å²) in [6.07, 6.45) is 0. The van der Waals surface area contributed by atoms with Gasteiger partial charge in [0.2, 0.25) is 5.95 Å². The van der Waals surface area contributed by atoms with Crippen molar-refractivity contribution in [3.8, 4) is 5.75 Å². The number of nitrogens with one attached hydrogen (secondary N) is 3. The Balaban J connectivity index is 1.82. The Morgan fingerprint density at radius 2 is 2.17 bits per heavy atom. The second-order valence-corrected chi connectivity index (χ2v) is 5.09. The SMILES string of the molecule is C/C(=N/Nc1nc(C)cc(=O)[nH]1)c1ccc2c(c1)NC(=O)CO2. The molecule has 3 N–H and O–H groups in total. The molecule has 1 aromatic heterocycles. The standard InChI is InChI=1S/C15H15N5O3/c1-8-5-13(21)18-15(16-8)20-19-9(2)10-3-4-12-11(6-10)17-14(22)7-23-12/h3-6H,7H2,1-2H3,(H,17,22)(H2,16,18,20,21)/b19-9-. The van der Waals surface area contributed by atoms with Crippen LogP contribution in [0, 0.1) is 6.92 Å². The molecule has 0 spiro atoms. The van der Waals surface area contributed by atoms with E-state index in [1.54, 1.807) is 26.0 Å². The molecule has 0 saturated heterocycles. The Morgan fingerprint density at radius 3 is 2.96 bits per heavy atom. The lowest BCUT2D eigenvalue weighted by Gasteiger charge is -2.18. The lowest BCUT2D eigenvalue weighted by Crippen LogP contribution is -2.25. The molecule has 0 radical (unpaired) electrons. The monoisotopic (exact) mass is 313 g/mol. The highest BCUT2D eigenvalue weighted by molar-refractivity contribution is 6.02. The number of aromatic nitrogens is 2. The van der Waals surface area contributed by atoms with Crippen molar-refractivity contribution in [2.24, 2.45) is 5.10 Å². The molecular weight excluding hydrogens is 298 g/mol. The smallest absolute Gasteiger partial charge is 0.262 e. The normalized spacial score (nSPS) is 13.8. The molecule has 8 heteroatoms. The average molecular weight is 313 g/mol. The van der Waals surface area contributed by atoms with Gasteiger partial charge >= 0.3 is 0 Å². The van der Waals surface area contributed by atoms with Crippen LogP contribution in [0.3, 0.4) is 0 Å². The molecule has 1 amide bonds. The van der Waals surface area contributed by atoms with Crippen LogP contribution in [-0.2, 0) is 4.79 Å². The minimum atomic E-state index is -0.249. The molecule has 1 aromatic carbocycles. The number of fused-ring (bicyclic) bond motifs is 1. The highest BCUT2D eigenvalue weighted by Crippen LogP contribution is 2.28. The van der Waals surface area contributed by atoms with Crippen molar-refractivity contribution in [2.75, 3.05) is 17.3 Å². The molecule has 0 saturated carbocycles. The summed E-state index contributed by atoms with van der Waals surface area (Å²) in [4.78, 5) is 29.4. The van der Waals surface area contributed by atoms with Crippen molar-refractivity contribution in [3.05, 3.63) is 45.9 Å². The number of aromatic amines is 1. The molecule has 118 valence electrons. The maximum atomic E-state index is 11.4. The molecule has 0 unspecified atom stereocenters. The van der Waals surface area contributed by atoms with Crippen molar-refractivity contribution in [2.45, 2.75) is 13.8 Å². The summed E-state index contributed by atoms with van der Waals surface area (Å²) in [5.74, 6) is 0.701. The largest absolute Gasteiger partial charge is 0.482 e. The summed E-state index contributed by atoms with van der Waals surface area (Å²) in [6.45, 7) is 3.55. The number of hydrazone groups is 1. The summed E-state index contributed by atoms with van der Waals surface area (Å²) in [7, 11) is 0. The van der Waals surface area contributed by atoms with E-state index < -0.39 is 0 Å². The van der Waals surface area contributed by atoms with E-state index in [-0.39, 0.29) is 24.0 Å². The van der Waals surface area contributed by atoms with Crippen LogP contribution in [0.1, 0.15) is 18.2 Å². The van der Waals surface area contributed by atoms with Crippen molar-refractivity contribution in [1.29, 1.82) is 0 Å². The predicted molar refractivity (Wildman–Crippen MR) is 86.0 cm³/mol. The van der Waals surface area contributed by atoms with Crippen LogP contribution in [0.4, 0.5) is 11.6 Å². The molecule has 23 heavy (non-hydrogen) atoms. The van der Waals surface area contributed by atoms with Gasteiger partial charge in [-0.15, -0.1) is 0 Å². The van der Waals surface area contributed by atoms with E-state index in [1.165, 1.54) is 6.07 Å². The Kier molecular flexibility index (Phi) is 3.80. The van der Waals surface area contributed by atoms with Crippen LogP contribution in [0.25, 0.3) is 0 Å². The van der Waals surface area contributed by atoms with Crippen LogP contribution in [-0.4, -0.2) is 28.2 Å². The quantitative estimate of drug-likeness (QED) is 0.583. The Bertz CT molecular complexity index is 856. The van der Waals surface area contributed by atoms with Gasteiger partial charge in [0.1, 0.15) is 5.75 Å². The average Bonchev–Trinajstić information content (AvgIpc) is 2.51. The zero-order valence-corrected chi connectivity index (χ0v) is 12.6. The highest BCUT2D eigenvalue weighted by Gasteiger charge is 2.16. The topological polar surface area (TPSA) is 108 Å². The second kappa shape index (κ2) is 5.91. The summed E-state index contributed by atoms with van der Waals surface area (Å²) >= 11 is 0. The van der Waals surface area contributed by atoms with Crippen molar-refractivity contribution in [1.82, 2.24) is 9.97 Å². The fraction of sp³-hybridized carbons (Fsp3) is 0.200. The third kappa shape index (κ3) is 3.37. The van der Waals surface area contributed by atoms with E-state index >= 15 is 0 Å². The van der Waals surface area contributed by atoms with Crippen LogP contribution in [0.15, 0.2) is 34.2 Å². The van der Waals surface area contributed by atoms with E-state index in [0.29, 0.717) is 22.8 Å². The van der Waals surface area contributed by atoms with Crippen molar-refractivity contribution in [3.63, 3.8) is 0 Å². The van der Waals surface area contributed by atoms with Gasteiger partial charge in [-0.1, -0.05) is 0 Å². The van der Waals surface area contributed by atoms with E-state index in [4.69, 9.17) is 4.74 Å². The van der Waals surface area contributed by atoms with E-state index in [1.807, 2.05) is 6.07 Å². The minimum Gasteiger partial charge on any atom is -0.482 e. The number of amides is 1. The number of anilines is 2. The Hall–Kier alpha value is -3.16. The van der Waals surface area contributed by atoms with Crippen molar-refractivity contribution < 1.29 is 9.53 Å². The molecular formula is C15H15N5O3. The summed E-state index contributed by atoms with van der Waals surface area (Å²) in [5.41, 5.74) is 5.14. The van der Waals surface area contributed by atoms with Gasteiger partial charge in [-0.2, -0.15) is 5.10 Å². The van der Waals surface area contributed by atoms with E-state index in [2.05, 4.69) is 25.8 Å². The van der Waals surface area contributed by atoms with E-state index in [9.17, 15) is 9.59 Å². The molecule has 2 heterocycles. The Labute approximate surface area is 131 Å². The number of hydrogen-bond donors (Lipinski definition) is 3. The third-order valence-corrected chi connectivity index (χ3v) is 3.23. The van der Waals surface area contributed by atoms with Gasteiger partial charge < -0.3 is 10.1 Å². The number of hydrogen-bond acceptors (Lipinski definition) is 6. The van der Waals surface area contributed by atoms with Crippen LogP contribution >= 0.6 is 0 Å². The molecule has 2 aromatic rings. The Morgan fingerprint density at radius 1 is 1.35 bits per heavy atom. The van der Waals surface area contributed by atoms with Crippen LogP contribution in [0.2, 0.25) is 0 Å². The molecule has 1 aliphatic heterocycles. The number of carbonyl (C=O) groups excluding carboxylic acids is 1. The van der Waals surface area contributed by atoms with Gasteiger partial charge in [-0.3, -0.25) is 14.6 Å². The molecule has 0 atom stereocenters. The first-order chi connectivity index (χ1) is 11.0. The fourth-order valence-corrected chi connectivity index (χ4v) is 2.14. The lowest BCUT2D eigenvalue weighted by molar-refractivity contribution is -0.118. The summed E-state index contributed by atoms with van der Waals surface area (Å²) in [6, 6.07) is 6.78. The molecule has 0 bridgehead atoms. The first kappa shape index (κ1) is 14.8. The number of H-pyrrole nitrogens is 1. The van der Waals surface area contributed by atoms with Crippen LogP contribution in [0.5, 0.6) is 5.75 Å². The van der Waals surface area contributed by atoms with Crippen molar-refractivity contribution >= 4 is 23.3 Å². The fourth-order valence-electron chi connectivity index (χ4n) is 2.14. The van der Waals surface area contributed by atoms with Crippen LogP contribution < -0.4 is 21.0 Å². The van der Waals surface area contributed by atoms with Gasteiger partial charge in [-0.05, 0) is 37.6 Å². The van der Waals surface area contributed by atoms with Gasteiger partial charge in [0.25, 0.3) is 11.5 Å². The first-order valence-corrected chi connectivity index (χ1v) is 6.96. The maximum absolute atomic E-state index is 11.4. The van der Waals surface area contributed by atoms with Gasteiger partial charge in [0.05, 0.1) is 11.4 Å². The van der Waals surface area contributed by atoms with E-state index in [0.717, 1.165) is 5.56 Å². The number of carbonyl (C=O) groups is 1. The molecule has 1 aliphatic rings. The van der Waals surface area contributed by atoms with Gasteiger partial charge in [0.15, 0.2) is 6.61 Å².